The van der Waals surface area contributed by atoms with Crippen LogP contribution in [-0.2, 0) is 4.79 Å². The van der Waals surface area contributed by atoms with Crippen LogP contribution in [-0.4, -0.2) is 5.97 Å². The third kappa shape index (κ3) is 5.10. The summed E-state index contributed by atoms with van der Waals surface area (Å²) in [5.74, 6) is 6.68. The van der Waals surface area contributed by atoms with E-state index in [0.717, 1.165) is 5.56 Å². The molecule has 2 nitrogen and oxygen atoms in total. The lowest BCUT2D eigenvalue weighted by atomic mass is 10.1. The van der Waals surface area contributed by atoms with Gasteiger partial charge in [0.15, 0.2) is 0 Å². The molecule has 0 saturated heterocycles. The van der Waals surface area contributed by atoms with Gasteiger partial charge in [0.05, 0.1) is 5.56 Å². The summed E-state index contributed by atoms with van der Waals surface area (Å²) in [6, 6.07) is 36.8. The number of carbonyl (C=O) groups is 1. The molecular formula is C28H21O2P. The van der Waals surface area contributed by atoms with Gasteiger partial charge in [-0.15, -0.1) is 0 Å². The van der Waals surface area contributed by atoms with Crippen molar-refractivity contribution in [1.29, 1.82) is 0 Å². The van der Waals surface area contributed by atoms with Crippen LogP contribution in [0.4, 0.5) is 0 Å². The second-order valence-corrected chi connectivity index (χ2v) is 9.05. The summed E-state index contributed by atoms with van der Waals surface area (Å²) in [6.45, 7) is 1.40. The van der Waals surface area contributed by atoms with E-state index in [2.05, 4.69) is 78.6 Å². The summed E-state index contributed by atoms with van der Waals surface area (Å²) < 4.78 is 5.31. The topological polar surface area (TPSA) is 26.3 Å². The second-order valence-electron chi connectivity index (χ2n) is 6.86. The molecule has 0 aliphatic carbocycles. The highest BCUT2D eigenvalue weighted by Gasteiger charge is 2.18. The van der Waals surface area contributed by atoms with Crippen LogP contribution in [0.2, 0.25) is 0 Å². The average molecular weight is 420 g/mol. The van der Waals surface area contributed by atoms with Crippen molar-refractivity contribution in [3.05, 3.63) is 120 Å². The van der Waals surface area contributed by atoms with Gasteiger partial charge in [0.1, 0.15) is 5.75 Å². The van der Waals surface area contributed by atoms with Gasteiger partial charge in [0, 0.05) is 17.8 Å². The Balaban J connectivity index is 1.81. The van der Waals surface area contributed by atoms with Gasteiger partial charge in [-0.25, -0.2) is 0 Å². The monoisotopic (exact) mass is 420 g/mol. The van der Waals surface area contributed by atoms with Crippen LogP contribution in [0.5, 0.6) is 5.75 Å². The van der Waals surface area contributed by atoms with Gasteiger partial charge in [-0.05, 0) is 36.7 Å². The van der Waals surface area contributed by atoms with Gasteiger partial charge in [0.2, 0.25) is 0 Å². The molecule has 0 fully saturated rings. The van der Waals surface area contributed by atoms with E-state index in [-0.39, 0.29) is 5.97 Å². The minimum absolute atomic E-state index is 0.355. The van der Waals surface area contributed by atoms with Crippen molar-refractivity contribution < 1.29 is 9.53 Å². The molecule has 0 N–H and O–H groups in total. The number of hydrogen-bond donors (Lipinski definition) is 0. The van der Waals surface area contributed by atoms with E-state index in [9.17, 15) is 4.79 Å². The maximum atomic E-state index is 11.4. The Kier molecular flexibility index (Phi) is 6.58. The molecule has 31 heavy (non-hydrogen) atoms. The maximum Gasteiger partial charge on any atom is 0.308 e. The van der Waals surface area contributed by atoms with E-state index in [0.29, 0.717) is 11.3 Å². The van der Waals surface area contributed by atoms with Gasteiger partial charge >= 0.3 is 5.97 Å². The van der Waals surface area contributed by atoms with Gasteiger partial charge in [0.25, 0.3) is 0 Å². The summed E-state index contributed by atoms with van der Waals surface area (Å²) in [6.07, 6.45) is 0. The first-order chi connectivity index (χ1) is 15.2. The van der Waals surface area contributed by atoms with Gasteiger partial charge < -0.3 is 4.74 Å². The highest BCUT2D eigenvalue weighted by atomic mass is 31.1. The predicted octanol–water partition coefficient (Wildman–Crippen LogP) is 4.77. The third-order valence-electron chi connectivity index (χ3n) is 4.65. The summed E-state index contributed by atoms with van der Waals surface area (Å²) in [5, 5.41) is 3.75. The molecule has 0 bridgehead atoms. The smallest absolute Gasteiger partial charge is 0.308 e. The van der Waals surface area contributed by atoms with Crippen molar-refractivity contribution in [2.24, 2.45) is 0 Å². The zero-order valence-corrected chi connectivity index (χ0v) is 18.1. The number of para-hydroxylation sites is 1. The first-order valence-corrected chi connectivity index (χ1v) is 11.4. The zero-order valence-electron chi connectivity index (χ0n) is 17.2. The highest BCUT2D eigenvalue weighted by molar-refractivity contribution is 7.79. The lowest BCUT2D eigenvalue weighted by molar-refractivity contribution is -0.131. The summed E-state index contributed by atoms with van der Waals surface area (Å²) in [5.41, 5.74) is 1.66. The Morgan fingerprint density at radius 2 is 1.13 bits per heavy atom. The van der Waals surface area contributed by atoms with Crippen LogP contribution < -0.4 is 20.7 Å². The molecule has 150 valence electrons. The number of esters is 1. The molecule has 0 heterocycles. The summed E-state index contributed by atoms with van der Waals surface area (Å²) in [4.78, 5) is 11.4. The van der Waals surface area contributed by atoms with E-state index < -0.39 is 7.92 Å². The van der Waals surface area contributed by atoms with E-state index in [1.807, 2.05) is 36.4 Å². The predicted molar refractivity (Wildman–Crippen MR) is 129 cm³/mol. The van der Waals surface area contributed by atoms with Crippen molar-refractivity contribution in [3.8, 4) is 17.6 Å². The fraction of sp³-hybridized carbons (Fsp3) is 0.0357. The van der Waals surface area contributed by atoms with Crippen molar-refractivity contribution in [2.75, 3.05) is 0 Å². The average Bonchev–Trinajstić information content (AvgIpc) is 2.81. The van der Waals surface area contributed by atoms with Gasteiger partial charge in [-0.2, -0.15) is 0 Å². The largest absolute Gasteiger partial charge is 0.425 e. The van der Waals surface area contributed by atoms with Crippen molar-refractivity contribution >= 4 is 29.8 Å². The molecule has 0 saturated carbocycles. The summed E-state index contributed by atoms with van der Waals surface area (Å²) in [7, 11) is -0.757. The standard InChI is InChI=1S/C28H21O2P/c1-22(29)30-27-18-10-8-12-23(27)20-21-24-13-9-11-19-28(24)31(25-14-4-2-5-15-25)26-16-6-3-7-17-26/h2-19H,1H3. The van der Waals surface area contributed by atoms with Crippen LogP contribution in [0.25, 0.3) is 0 Å². The maximum absolute atomic E-state index is 11.4. The first-order valence-electron chi connectivity index (χ1n) is 10.0. The zero-order chi connectivity index (χ0) is 21.5. The minimum Gasteiger partial charge on any atom is -0.425 e. The number of hydrogen-bond acceptors (Lipinski definition) is 2. The molecule has 0 spiro atoms. The van der Waals surface area contributed by atoms with Crippen molar-refractivity contribution in [2.45, 2.75) is 6.92 Å². The van der Waals surface area contributed by atoms with Crippen LogP contribution in [0.15, 0.2) is 109 Å². The molecule has 4 aromatic carbocycles. The van der Waals surface area contributed by atoms with Gasteiger partial charge in [-0.1, -0.05) is 103 Å². The van der Waals surface area contributed by atoms with Crippen molar-refractivity contribution in [3.63, 3.8) is 0 Å². The number of carbonyl (C=O) groups excluding carboxylic acids is 1. The number of rotatable bonds is 4. The van der Waals surface area contributed by atoms with E-state index in [4.69, 9.17) is 4.74 Å². The Hall–Kier alpha value is -3.66. The van der Waals surface area contributed by atoms with E-state index in [1.54, 1.807) is 6.07 Å². The van der Waals surface area contributed by atoms with Crippen LogP contribution in [0, 0.1) is 11.8 Å². The highest BCUT2D eigenvalue weighted by Crippen LogP contribution is 2.33. The van der Waals surface area contributed by atoms with Crippen LogP contribution in [0.1, 0.15) is 18.1 Å². The fourth-order valence-corrected chi connectivity index (χ4v) is 5.71. The van der Waals surface area contributed by atoms with Crippen LogP contribution in [0.3, 0.4) is 0 Å². The quantitative estimate of drug-likeness (QED) is 0.206. The lowest BCUT2D eigenvalue weighted by Crippen LogP contribution is -2.22. The SMILES string of the molecule is CC(=O)Oc1ccccc1C#Cc1ccccc1P(c1ccccc1)c1ccccc1. The number of benzene rings is 4. The molecular weight excluding hydrogens is 399 g/mol. The molecule has 0 unspecified atom stereocenters. The Morgan fingerprint density at radius 3 is 1.74 bits per heavy atom. The van der Waals surface area contributed by atoms with E-state index in [1.165, 1.54) is 22.8 Å². The fourth-order valence-electron chi connectivity index (χ4n) is 3.30. The molecule has 0 atom stereocenters. The normalized spacial score (nSPS) is 10.3. The minimum atomic E-state index is -0.757. The van der Waals surface area contributed by atoms with Gasteiger partial charge in [-0.3, -0.25) is 4.79 Å². The molecule has 4 rings (SSSR count). The van der Waals surface area contributed by atoms with Crippen LogP contribution >= 0.6 is 7.92 Å². The molecule has 0 radical (unpaired) electrons. The number of ether oxygens (including phenoxy) is 1. The molecule has 0 amide bonds. The lowest BCUT2D eigenvalue weighted by Gasteiger charge is -2.20. The Labute approximate surface area is 184 Å². The third-order valence-corrected chi connectivity index (χ3v) is 7.15. The van der Waals surface area contributed by atoms with Crippen molar-refractivity contribution in [1.82, 2.24) is 0 Å². The second kappa shape index (κ2) is 9.90. The first kappa shape index (κ1) is 20.6. The molecule has 3 heteroatoms. The molecule has 0 aromatic heterocycles. The Bertz CT molecular complexity index is 1200. The van der Waals surface area contributed by atoms with E-state index >= 15 is 0 Å². The molecule has 0 aliphatic rings. The Morgan fingerprint density at radius 1 is 0.645 bits per heavy atom. The summed E-state index contributed by atoms with van der Waals surface area (Å²) >= 11 is 0. The molecule has 0 aliphatic heterocycles. The molecule has 4 aromatic rings.